The van der Waals surface area contributed by atoms with Gasteiger partial charge in [-0.2, -0.15) is 0 Å². The molecule has 1 saturated carbocycles. The van der Waals surface area contributed by atoms with Crippen LogP contribution in [-0.4, -0.2) is 41.6 Å². The van der Waals surface area contributed by atoms with Crippen LogP contribution in [0.25, 0.3) is 0 Å². The molecule has 1 aromatic heterocycles. The summed E-state index contributed by atoms with van der Waals surface area (Å²) in [4.78, 5) is 18.3. The first kappa shape index (κ1) is 13.4. The first-order chi connectivity index (χ1) is 9.81. The topological polar surface area (TPSA) is 57.3 Å². The number of aromatic nitrogens is 1. The molecule has 0 bridgehead atoms. The van der Waals surface area contributed by atoms with Crippen molar-refractivity contribution in [2.45, 2.75) is 31.8 Å². The molecule has 108 valence electrons. The van der Waals surface area contributed by atoms with E-state index in [0.29, 0.717) is 12.5 Å². The smallest absolute Gasteiger partial charge is 0.315 e. The SMILES string of the molecule is O=C(NCc1ccncc1)NC[C@@H]1CCN(C2CC2)C1. The van der Waals surface area contributed by atoms with Gasteiger partial charge in [-0.15, -0.1) is 0 Å². The number of carbonyl (C=O) groups is 1. The van der Waals surface area contributed by atoms with Crippen molar-refractivity contribution < 1.29 is 4.79 Å². The fourth-order valence-electron chi connectivity index (χ4n) is 2.78. The third-order valence-electron chi connectivity index (χ3n) is 4.13. The Bertz CT molecular complexity index is 446. The van der Waals surface area contributed by atoms with Gasteiger partial charge in [-0.1, -0.05) is 0 Å². The zero-order chi connectivity index (χ0) is 13.8. The first-order valence-corrected chi connectivity index (χ1v) is 7.46. The van der Waals surface area contributed by atoms with Gasteiger partial charge in [0.25, 0.3) is 0 Å². The highest BCUT2D eigenvalue weighted by Crippen LogP contribution is 2.31. The second kappa shape index (κ2) is 6.22. The Kier molecular flexibility index (Phi) is 4.16. The highest BCUT2D eigenvalue weighted by atomic mass is 16.2. The Hall–Kier alpha value is -1.62. The standard InChI is InChI=1S/C15H22N4O/c20-15(17-9-12-3-6-16-7-4-12)18-10-13-5-8-19(11-13)14-1-2-14/h3-4,6-7,13-14H,1-2,5,8-11H2,(H2,17,18,20)/t13-/m0/s1. The van der Waals surface area contributed by atoms with Gasteiger partial charge in [0.05, 0.1) is 0 Å². The summed E-state index contributed by atoms with van der Waals surface area (Å²) in [5.41, 5.74) is 1.07. The summed E-state index contributed by atoms with van der Waals surface area (Å²) < 4.78 is 0. The zero-order valence-corrected chi connectivity index (χ0v) is 11.7. The molecule has 0 aromatic carbocycles. The molecule has 2 N–H and O–H groups in total. The van der Waals surface area contributed by atoms with Crippen LogP contribution in [0.5, 0.6) is 0 Å². The van der Waals surface area contributed by atoms with Gasteiger partial charge in [-0.05, 0) is 49.4 Å². The number of hydrogen-bond acceptors (Lipinski definition) is 3. The van der Waals surface area contributed by atoms with Crippen LogP contribution >= 0.6 is 0 Å². The Labute approximate surface area is 119 Å². The van der Waals surface area contributed by atoms with Crippen LogP contribution in [0.4, 0.5) is 4.79 Å². The molecule has 1 saturated heterocycles. The third kappa shape index (κ3) is 3.70. The molecule has 0 radical (unpaired) electrons. The molecule has 1 aliphatic heterocycles. The van der Waals surface area contributed by atoms with Gasteiger partial charge in [0.1, 0.15) is 0 Å². The molecule has 5 nitrogen and oxygen atoms in total. The Morgan fingerprint density at radius 2 is 2.05 bits per heavy atom. The molecule has 1 aromatic rings. The Morgan fingerprint density at radius 3 is 2.80 bits per heavy atom. The number of nitrogens with one attached hydrogen (secondary N) is 2. The van der Waals surface area contributed by atoms with Gasteiger partial charge >= 0.3 is 6.03 Å². The third-order valence-corrected chi connectivity index (χ3v) is 4.13. The number of rotatable bonds is 5. The summed E-state index contributed by atoms with van der Waals surface area (Å²) in [6.07, 6.45) is 7.42. The quantitative estimate of drug-likeness (QED) is 0.852. The highest BCUT2D eigenvalue weighted by molar-refractivity contribution is 5.73. The maximum Gasteiger partial charge on any atom is 0.315 e. The van der Waals surface area contributed by atoms with Gasteiger partial charge in [-0.3, -0.25) is 4.98 Å². The normalized spacial score (nSPS) is 22.7. The number of amides is 2. The van der Waals surface area contributed by atoms with Crippen molar-refractivity contribution in [3.05, 3.63) is 30.1 Å². The molecular weight excluding hydrogens is 252 g/mol. The molecule has 5 heteroatoms. The van der Waals surface area contributed by atoms with Crippen LogP contribution in [0, 0.1) is 5.92 Å². The van der Waals surface area contributed by atoms with Crippen LogP contribution in [0.15, 0.2) is 24.5 Å². The molecule has 0 unspecified atom stereocenters. The summed E-state index contributed by atoms with van der Waals surface area (Å²) in [5.74, 6) is 0.613. The highest BCUT2D eigenvalue weighted by Gasteiger charge is 2.34. The van der Waals surface area contributed by atoms with E-state index in [0.717, 1.165) is 24.7 Å². The van der Waals surface area contributed by atoms with E-state index >= 15 is 0 Å². The van der Waals surface area contributed by atoms with E-state index in [9.17, 15) is 4.79 Å². The lowest BCUT2D eigenvalue weighted by Crippen LogP contribution is -2.38. The van der Waals surface area contributed by atoms with E-state index in [-0.39, 0.29) is 6.03 Å². The molecule has 1 atom stereocenters. The summed E-state index contributed by atoms with van der Waals surface area (Å²) in [6, 6.07) is 4.59. The minimum atomic E-state index is -0.0771. The van der Waals surface area contributed by atoms with E-state index in [1.807, 2.05) is 12.1 Å². The number of carbonyl (C=O) groups excluding carboxylic acids is 1. The van der Waals surface area contributed by atoms with Crippen LogP contribution < -0.4 is 10.6 Å². The van der Waals surface area contributed by atoms with Gasteiger partial charge < -0.3 is 15.5 Å². The predicted octanol–water partition coefficient (Wildman–Crippen LogP) is 1.37. The summed E-state index contributed by atoms with van der Waals surface area (Å²) >= 11 is 0. The second-order valence-corrected chi connectivity index (χ2v) is 5.80. The van der Waals surface area contributed by atoms with Gasteiger partial charge in [0.2, 0.25) is 0 Å². The van der Waals surface area contributed by atoms with Crippen LogP contribution in [0.1, 0.15) is 24.8 Å². The lowest BCUT2D eigenvalue weighted by Gasteiger charge is -2.15. The Morgan fingerprint density at radius 1 is 1.25 bits per heavy atom. The summed E-state index contributed by atoms with van der Waals surface area (Å²) in [5, 5.41) is 5.86. The number of pyridine rings is 1. The van der Waals surface area contributed by atoms with E-state index in [1.54, 1.807) is 12.4 Å². The molecule has 2 amide bonds. The fraction of sp³-hybridized carbons (Fsp3) is 0.600. The Balaban J connectivity index is 1.33. The fourth-order valence-corrected chi connectivity index (χ4v) is 2.78. The van der Waals surface area contributed by atoms with E-state index in [4.69, 9.17) is 0 Å². The molecule has 2 fully saturated rings. The number of hydrogen-bond donors (Lipinski definition) is 2. The maximum absolute atomic E-state index is 11.7. The lowest BCUT2D eigenvalue weighted by atomic mass is 10.1. The van der Waals surface area contributed by atoms with Crippen molar-refractivity contribution in [2.24, 2.45) is 5.92 Å². The molecule has 20 heavy (non-hydrogen) atoms. The molecule has 1 aliphatic carbocycles. The van der Waals surface area contributed by atoms with Crippen molar-refractivity contribution in [3.8, 4) is 0 Å². The largest absolute Gasteiger partial charge is 0.338 e. The van der Waals surface area contributed by atoms with E-state index in [2.05, 4.69) is 20.5 Å². The minimum Gasteiger partial charge on any atom is -0.338 e. The van der Waals surface area contributed by atoms with Gasteiger partial charge in [0.15, 0.2) is 0 Å². The average Bonchev–Trinajstić information content (AvgIpc) is 3.23. The van der Waals surface area contributed by atoms with Crippen molar-refractivity contribution in [3.63, 3.8) is 0 Å². The average molecular weight is 274 g/mol. The number of urea groups is 1. The van der Waals surface area contributed by atoms with Crippen molar-refractivity contribution >= 4 is 6.03 Å². The van der Waals surface area contributed by atoms with Gasteiger partial charge in [-0.25, -0.2) is 4.79 Å². The van der Waals surface area contributed by atoms with Crippen LogP contribution in [-0.2, 0) is 6.54 Å². The molecule has 0 spiro atoms. The van der Waals surface area contributed by atoms with Crippen LogP contribution in [0.2, 0.25) is 0 Å². The summed E-state index contributed by atoms with van der Waals surface area (Å²) in [7, 11) is 0. The van der Waals surface area contributed by atoms with Crippen molar-refractivity contribution in [1.82, 2.24) is 20.5 Å². The molecular formula is C15H22N4O. The van der Waals surface area contributed by atoms with Crippen molar-refractivity contribution in [1.29, 1.82) is 0 Å². The molecule has 2 heterocycles. The minimum absolute atomic E-state index is 0.0771. The number of likely N-dealkylation sites (tertiary alicyclic amines) is 1. The molecule has 3 rings (SSSR count). The zero-order valence-electron chi connectivity index (χ0n) is 11.7. The predicted molar refractivity (Wildman–Crippen MR) is 77.2 cm³/mol. The lowest BCUT2D eigenvalue weighted by molar-refractivity contribution is 0.238. The summed E-state index contributed by atoms with van der Waals surface area (Å²) in [6.45, 7) is 3.68. The van der Waals surface area contributed by atoms with Crippen molar-refractivity contribution in [2.75, 3.05) is 19.6 Å². The number of nitrogens with zero attached hydrogens (tertiary/aromatic N) is 2. The first-order valence-electron chi connectivity index (χ1n) is 7.46. The van der Waals surface area contributed by atoms with E-state index < -0.39 is 0 Å². The van der Waals surface area contributed by atoms with Crippen LogP contribution in [0.3, 0.4) is 0 Å². The van der Waals surface area contributed by atoms with E-state index in [1.165, 1.54) is 25.8 Å². The molecule has 2 aliphatic rings. The maximum atomic E-state index is 11.7. The monoisotopic (exact) mass is 274 g/mol. The second-order valence-electron chi connectivity index (χ2n) is 5.80. The van der Waals surface area contributed by atoms with Gasteiger partial charge in [0, 0.05) is 38.1 Å².